The van der Waals surface area contributed by atoms with E-state index in [1.807, 2.05) is 0 Å². The summed E-state index contributed by atoms with van der Waals surface area (Å²) in [6.07, 6.45) is 3.88. The first kappa shape index (κ1) is 13.5. The molecule has 94 valence electrons. The van der Waals surface area contributed by atoms with Gasteiger partial charge in [-0.15, -0.1) is 0 Å². The molecular formula is C13H26N2O. The number of nitrogens with two attached hydrogens (primary N) is 1. The van der Waals surface area contributed by atoms with Crippen LogP contribution in [0.15, 0.2) is 0 Å². The molecule has 1 aliphatic carbocycles. The highest BCUT2D eigenvalue weighted by Crippen LogP contribution is 2.30. The lowest BCUT2D eigenvalue weighted by atomic mass is 9.94. The van der Waals surface area contributed by atoms with E-state index in [2.05, 4.69) is 26.1 Å². The molecule has 0 aromatic heterocycles. The van der Waals surface area contributed by atoms with E-state index >= 15 is 0 Å². The van der Waals surface area contributed by atoms with Gasteiger partial charge in [0.2, 0.25) is 5.91 Å². The van der Waals surface area contributed by atoms with Crippen molar-refractivity contribution in [2.24, 2.45) is 29.4 Å². The summed E-state index contributed by atoms with van der Waals surface area (Å²) in [5.74, 6) is 1.87. The van der Waals surface area contributed by atoms with Crippen LogP contribution in [0.25, 0.3) is 0 Å². The van der Waals surface area contributed by atoms with E-state index in [-0.39, 0.29) is 11.8 Å². The maximum atomic E-state index is 11.9. The molecule has 1 fully saturated rings. The number of rotatable bonds is 5. The van der Waals surface area contributed by atoms with E-state index in [9.17, 15) is 4.79 Å². The highest BCUT2D eigenvalue weighted by Gasteiger charge is 2.25. The lowest BCUT2D eigenvalue weighted by Crippen LogP contribution is -2.40. The standard InChI is InChI=1S/C13H26N2O/c1-9(2)12(7-14)13(16)15-8-11-6-4-5-10(11)3/h9-12H,4-8,14H2,1-3H3,(H,15,16). The predicted molar refractivity (Wildman–Crippen MR) is 66.9 cm³/mol. The Labute approximate surface area is 99.2 Å². The van der Waals surface area contributed by atoms with Gasteiger partial charge < -0.3 is 11.1 Å². The van der Waals surface area contributed by atoms with E-state index < -0.39 is 0 Å². The minimum absolute atomic E-state index is 0.0308. The largest absolute Gasteiger partial charge is 0.356 e. The monoisotopic (exact) mass is 226 g/mol. The predicted octanol–water partition coefficient (Wildman–Crippen LogP) is 1.77. The molecule has 0 bridgehead atoms. The smallest absolute Gasteiger partial charge is 0.224 e. The van der Waals surface area contributed by atoms with Gasteiger partial charge in [0.25, 0.3) is 0 Å². The summed E-state index contributed by atoms with van der Waals surface area (Å²) < 4.78 is 0. The first-order valence-electron chi connectivity index (χ1n) is 6.54. The minimum Gasteiger partial charge on any atom is -0.356 e. The Kier molecular flexibility index (Phi) is 5.26. The Morgan fingerprint density at radius 3 is 2.56 bits per heavy atom. The molecule has 1 amide bonds. The van der Waals surface area contributed by atoms with Crippen LogP contribution in [-0.4, -0.2) is 19.0 Å². The van der Waals surface area contributed by atoms with Gasteiger partial charge in [0.1, 0.15) is 0 Å². The molecule has 3 nitrogen and oxygen atoms in total. The fourth-order valence-corrected chi connectivity index (χ4v) is 2.57. The number of amides is 1. The molecule has 3 unspecified atom stereocenters. The zero-order chi connectivity index (χ0) is 12.1. The van der Waals surface area contributed by atoms with Crippen molar-refractivity contribution in [3.63, 3.8) is 0 Å². The van der Waals surface area contributed by atoms with Crippen molar-refractivity contribution < 1.29 is 4.79 Å². The molecule has 0 spiro atoms. The van der Waals surface area contributed by atoms with E-state index in [1.165, 1.54) is 19.3 Å². The number of carbonyl (C=O) groups is 1. The van der Waals surface area contributed by atoms with Crippen LogP contribution in [0.3, 0.4) is 0 Å². The Hall–Kier alpha value is -0.570. The van der Waals surface area contributed by atoms with Gasteiger partial charge in [-0.05, 0) is 24.2 Å². The van der Waals surface area contributed by atoms with Gasteiger partial charge in [-0.1, -0.05) is 33.6 Å². The quantitative estimate of drug-likeness (QED) is 0.750. The average molecular weight is 226 g/mol. The lowest BCUT2D eigenvalue weighted by Gasteiger charge is -2.21. The van der Waals surface area contributed by atoms with Gasteiger partial charge in [-0.25, -0.2) is 0 Å². The first-order valence-corrected chi connectivity index (χ1v) is 6.54. The minimum atomic E-state index is -0.0308. The Balaban J connectivity index is 2.33. The molecule has 0 aliphatic heterocycles. The molecule has 0 aromatic carbocycles. The fraction of sp³-hybridized carbons (Fsp3) is 0.923. The Morgan fingerprint density at radius 2 is 2.12 bits per heavy atom. The third-order valence-electron chi connectivity index (χ3n) is 3.97. The third-order valence-corrected chi connectivity index (χ3v) is 3.97. The van der Waals surface area contributed by atoms with Gasteiger partial charge >= 0.3 is 0 Å². The van der Waals surface area contributed by atoms with E-state index in [1.54, 1.807) is 0 Å². The molecule has 1 rings (SSSR count). The van der Waals surface area contributed by atoms with Crippen molar-refractivity contribution in [1.82, 2.24) is 5.32 Å². The maximum absolute atomic E-state index is 11.9. The molecule has 1 aliphatic rings. The molecule has 0 saturated heterocycles. The maximum Gasteiger partial charge on any atom is 0.224 e. The molecule has 3 heteroatoms. The van der Waals surface area contributed by atoms with E-state index in [0.29, 0.717) is 18.4 Å². The summed E-state index contributed by atoms with van der Waals surface area (Å²) in [6.45, 7) is 7.67. The van der Waals surface area contributed by atoms with Crippen LogP contribution in [0, 0.1) is 23.7 Å². The molecule has 16 heavy (non-hydrogen) atoms. The van der Waals surface area contributed by atoms with Gasteiger partial charge in [0.05, 0.1) is 5.92 Å². The van der Waals surface area contributed by atoms with Gasteiger partial charge in [-0.3, -0.25) is 4.79 Å². The fourth-order valence-electron chi connectivity index (χ4n) is 2.57. The molecular weight excluding hydrogens is 200 g/mol. The summed E-state index contributed by atoms with van der Waals surface area (Å²) in [6, 6.07) is 0. The molecule has 0 aromatic rings. The summed E-state index contributed by atoms with van der Waals surface area (Å²) >= 11 is 0. The van der Waals surface area contributed by atoms with Crippen molar-refractivity contribution in [2.45, 2.75) is 40.0 Å². The number of nitrogens with one attached hydrogen (secondary N) is 1. The van der Waals surface area contributed by atoms with E-state index in [0.717, 1.165) is 12.5 Å². The van der Waals surface area contributed by atoms with Gasteiger partial charge in [0, 0.05) is 13.1 Å². The lowest BCUT2D eigenvalue weighted by molar-refractivity contribution is -0.126. The van der Waals surface area contributed by atoms with Crippen molar-refractivity contribution in [2.75, 3.05) is 13.1 Å². The summed E-state index contributed by atoms with van der Waals surface area (Å²) in [5.41, 5.74) is 5.62. The molecule has 3 atom stereocenters. The Bertz CT molecular complexity index is 228. The van der Waals surface area contributed by atoms with Crippen LogP contribution in [0.4, 0.5) is 0 Å². The Morgan fingerprint density at radius 1 is 1.44 bits per heavy atom. The third kappa shape index (κ3) is 3.48. The number of hydrogen-bond donors (Lipinski definition) is 2. The van der Waals surface area contributed by atoms with E-state index in [4.69, 9.17) is 5.73 Å². The van der Waals surface area contributed by atoms with Crippen LogP contribution < -0.4 is 11.1 Å². The number of carbonyl (C=O) groups excluding carboxylic acids is 1. The summed E-state index contributed by atoms with van der Waals surface area (Å²) in [7, 11) is 0. The molecule has 0 radical (unpaired) electrons. The second-order valence-electron chi connectivity index (χ2n) is 5.50. The summed E-state index contributed by atoms with van der Waals surface area (Å²) in [5, 5.41) is 3.07. The average Bonchev–Trinajstić information content (AvgIpc) is 2.61. The molecule has 0 heterocycles. The highest BCUT2D eigenvalue weighted by molar-refractivity contribution is 5.79. The van der Waals surface area contributed by atoms with Crippen molar-refractivity contribution in [3.8, 4) is 0 Å². The second-order valence-corrected chi connectivity index (χ2v) is 5.50. The highest BCUT2D eigenvalue weighted by atomic mass is 16.1. The molecule has 3 N–H and O–H groups in total. The zero-order valence-corrected chi connectivity index (χ0v) is 10.8. The normalized spacial score (nSPS) is 27.1. The zero-order valence-electron chi connectivity index (χ0n) is 10.8. The first-order chi connectivity index (χ1) is 7.56. The van der Waals surface area contributed by atoms with Crippen molar-refractivity contribution >= 4 is 5.91 Å². The topological polar surface area (TPSA) is 55.1 Å². The van der Waals surface area contributed by atoms with Crippen LogP contribution in [0.2, 0.25) is 0 Å². The SMILES string of the molecule is CC(C)C(CN)C(=O)NCC1CCCC1C. The second kappa shape index (κ2) is 6.24. The number of hydrogen-bond acceptors (Lipinski definition) is 2. The van der Waals surface area contributed by atoms with Gasteiger partial charge in [0.15, 0.2) is 0 Å². The molecule has 1 saturated carbocycles. The van der Waals surface area contributed by atoms with Crippen molar-refractivity contribution in [1.29, 1.82) is 0 Å². The van der Waals surface area contributed by atoms with Gasteiger partial charge in [-0.2, -0.15) is 0 Å². The van der Waals surface area contributed by atoms with Crippen LogP contribution >= 0.6 is 0 Å². The van der Waals surface area contributed by atoms with Crippen LogP contribution in [0.5, 0.6) is 0 Å². The van der Waals surface area contributed by atoms with Crippen LogP contribution in [-0.2, 0) is 4.79 Å². The van der Waals surface area contributed by atoms with Crippen LogP contribution in [0.1, 0.15) is 40.0 Å². The van der Waals surface area contributed by atoms with Crippen molar-refractivity contribution in [3.05, 3.63) is 0 Å². The summed E-state index contributed by atoms with van der Waals surface area (Å²) in [4.78, 5) is 11.9.